The molecule has 3 aromatic carbocycles. The molecule has 1 saturated heterocycles. The monoisotopic (exact) mass is 474 g/mol. The van der Waals surface area contributed by atoms with Crippen LogP contribution in [0.2, 0.25) is 15.1 Å². The number of carbonyl (C=O) groups is 1. The van der Waals surface area contributed by atoms with E-state index >= 15 is 0 Å². The third-order valence-electron chi connectivity index (χ3n) is 5.52. The topological polar surface area (TPSA) is 43.8 Å². The van der Waals surface area contributed by atoms with Gasteiger partial charge in [0.25, 0.3) is 0 Å². The fourth-order valence-corrected chi connectivity index (χ4v) is 4.59. The molecule has 0 bridgehead atoms. The molecule has 1 fully saturated rings. The molecule has 3 aromatic rings. The Morgan fingerprint density at radius 1 is 0.871 bits per heavy atom. The second kappa shape index (κ2) is 8.71. The first-order valence-electron chi connectivity index (χ1n) is 9.99. The second-order valence-corrected chi connectivity index (χ2v) is 8.79. The van der Waals surface area contributed by atoms with Crippen LogP contribution in [-0.4, -0.2) is 17.2 Å². The fraction of sp³-hybridized carbons (Fsp3) is 0.208. The van der Waals surface area contributed by atoms with E-state index in [-0.39, 0.29) is 6.03 Å². The normalized spacial score (nSPS) is 21.1. The minimum Gasteiger partial charge on any atom is -0.365 e. The van der Waals surface area contributed by atoms with Gasteiger partial charge in [-0.1, -0.05) is 60.3 Å². The Bertz CT molecular complexity index is 1090. The number of benzene rings is 3. The first kappa shape index (κ1) is 22.0. The standard InChI is InChI=1S/C24H21Cl3N2O2/c1-2-4-22-24(31,16-5-3-6-19(27)15-16)29(21-13-9-18(26)10-14-21)23(30)28(22)20-11-7-17(25)8-12-20/h3,5-15,22,31H,2,4H2,1H3. The van der Waals surface area contributed by atoms with E-state index in [2.05, 4.69) is 0 Å². The van der Waals surface area contributed by atoms with Crippen molar-refractivity contribution in [2.24, 2.45) is 0 Å². The van der Waals surface area contributed by atoms with Crippen LogP contribution in [0.1, 0.15) is 25.3 Å². The minimum absolute atomic E-state index is 0.342. The van der Waals surface area contributed by atoms with E-state index in [9.17, 15) is 9.90 Å². The summed E-state index contributed by atoms with van der Waals surface area (Å²) in [5.41, 5.74) is 0.0864. The molecule has 1 N–H and O–H groups in total. The number of carbonyl (C=O) groups excluding carboxylic acids is 1. The first-order valence-corrected chi connectivity index (χ1v) is 11.1. The van der Waals surface area contributed by atoms with Gasteiger partial charge >= 0.3 is 6.03 Å². The highest BCUT2D eigenvalue weighted by atomic mass is 35.5. The van der Waals surface area contributed by atoms with Crippen LogP contribution in [0.15, 0.2) is 72.8 Å². The van der Waals surface area contributed by atoms with Crippen molar-refractivity contribution in [2.75, 3.05) is 9.80 Å². The van der Waals surface area contributed by atoms with Gasteiger partial charge in [0, 0.05) is 32.0 Å². The van der Waals surface area contributed by atoms with Crippen molar-refractivity contribution in [3.63, 3.8) is 0 Å². The summed E-state index contributed by atoms with van der Waals surface area (Å²) in [6.07, 6.45) is 1.33. The number of halogens is 3. The van der Waals surface area contributed by atoms with Gasteiger partial charge in [-0.15, -0.1) is 0 Å². The fourth-order valence-electron chi connectivity index (χ4n) is 4.15. The molecule has 0 radical (unpaired) electrons. The number of nitrogens with zero attached hydrogens (tertiary/aromatic N) is 2. The van der Waals surface area contributed by atoms with Crippen LogP contribution < -0.4 is 9.80 Å². The molecular formula is C24H21Cl3N2O2. The number of rotatable bonds is 5. The Morgan fingerprint density at radius 2 is 1.45 bits per heavy atom. The van der Waals surface area contributed by atoms with E-state index in [1.807, 2.05) is 6.92 Å². The van der Waals surface area contributed by atoms with Gasteiger partial charge in [0.15, 0.2) is 5.72 Å². The van der Waals surface area contributed by atoms with E-state index in [0.717, 1.165) is 6.42 Å². The van der Waals surface area contributed by atoms with Gasteiger partial charge in [-0.05, 0) is 67.1 Å². The maximum absolute atomic E-state index is 13.8. The summed E-state index contributed by atoms with van der Waals surface area (Å²) in [4.78, 5) is 16.9. The average molecular weight is 476 g/mol. The van der Waals surface area contributed by atoms with Gasteiger partial charge in [-0.2, -0.15) is 0 Å². The lowest BCUT2D eigenvalue weighted by atomic mass is 9.90. The van der Waals surface area contributed by atoms with Crippen LogP contribution in [0.4, 0.5) is 16.2 Å². The van der Waals surface area contributed by atoms with Crippen LogP contribution in [-0.2, 0) is 5.72 Å². The number of anilines is 2. The van der Waals surface area contributed by atoms with Gasteiger partial charge in [0.05, 0.1) is 6.04 Å². The Balaban J connectivity index is 1.95. The van der Waals surface area contributed by atoms with E-state index in [1.165, 1.54) is 4.90 Å². The van der Waals surface area contributed by atoms with E-state index in [0.29, 0.717) is 38.4 Å². The summed E-state index contributed by atoms with van der Waals surface area (Å²) in [6, 6.07) is 20.0. The number of amides is 2. The van der Waals surface area contributed by atoms with Crippen LogP contribution in [0, 0.1) is 0 Å². The van der Waals surface area contributed by atoms with Crippen molar-refractivity contribution in [1.82, 2.24) is 0 Å². The largest absolute Gasteiger partial charge is 0.365 e. The summed E-state index contributed by atoms with van der Waals surface area (Å²) in [7, 11) is 0. The SMILES string of the molecule is CCCC1N(c2ccc(Cl)cc2)C(=O)N(c2ccc(Cl)cc2)C1(O)c1cccc(Cl)c1. The van der Waals surface area contributed by atoms with Crippen LogP contribution in [0.5, 0.6) is 0 Å². The highest BCUT2D eigenvalue weighted by molar-refractivity contribution is 6.31. The molecule has 0 aliphatic carbocycles. The molecule has 4 nitrogen and oxygen atoms in total. The zero-order valence-corrected chi connectivity index (χ0v) is 19.1. The Morgan fingerprint density at radius 3 is 2.00 bits per heavy atom. The third-order valence-corrected chi connectivity index (χ3v) is 6.25. The quantitative estimate of drug-likeness (QED) is 0.427. The second-order valence-electron chi connectivity index (χ2n) is 7.48. The van der Waals surface area contributed by atoms with E-state index < -0.39 is 11.8 Å². The Hall–Kier alpha value is -2.24. The smallest absolute Gasteiger partial charge is 0.332 e. The molecule has 1 aliphatic heterocycles. The van der Waals surface area contributed by atoms with E-state index in [1.54, 1.807) is 77.7 Å². The lowest BCUT2D eigenvalue weighted by Crippen LogP contribution is -2.49. The molecule has 0 spiro atoms. The molecule has 4 rings (SSSR count). The minimum atomic E-state index is -1.65. The molecule has 0 saturated carbocycles. The molecule has 0 aromatic heterocycles. The van der Waals surface area contributed by atoms with Crippen molar-refractivity contribution in [3.8, 4) is 0 Å². The Kier molecular flexibility index (Phi) is 6.18. The molecule has 2 amide bonds. The maximum atomic E-state index is 13.8. The molecule has 2 atom stereocenters. The van der Waals surface area contributed by atoms with Gasteiger partial charge in [-0.25, -0.2) is 4.79 Å². The Labute approximate surface area is 196 Å². The van der Waals surface area contributed by atoms with Crippen molar-refractivity contribution < 1.29 is 9.90 Å². The van der Waals surface area contributed by atoms with Crippen LogP contribution in [0.3, 0.4) is 0 Å². The van der Waals surface area contributed by atoms with Gasteiger partial charge in [0.1, 0.15) is 0 Å². The number of hydrogen-bond donors (Lipinski definition) is 1. The highest BCUT2D eigenvalue weighted by Crippen LogP contribution is 2.46. The summed E-state index contributed by atoms with van der Waals surface area (Å²) >= 11 is 18.4. The predicted octanol–water partition coefficient (Wildman–Crippen LogP) is 7.11. The highest BCUT2D eigenvalue weighted by Gasteiger charge is 2.58. The molecule has 7 heteroatoms. The molecular weight excluding hydrogens is 455 g/mol. The average Bonchev–Trinajstić information content (AvgIpc) is 2.97. The molecule has 2 unspecified atom stereocenters. The summed E-state index contributed by atoms with van der Waals surface area (Å²) in [5.74, 6) is 0. The summed E-state index contributed by atoms with van der Waals surface area (Å²) < 4.78 is 0. The number of urea groups is 1. The van der Waals surface area contributed by atoms with Gasteiger partial charge in [-0.3, -0.25) is 9.80 Å². The zero-order valence-electron chi connectivity index (χ0n) is 16.8. The van der Waals surface area contributed by atoms with Crippen LogP contribution in [0.25, 0.3) is 0 Å². The lowest BCUT2D eigenvalue weighted by Gasteiger charge is -2.37. The van der Waals surface area contributed by atoms with E-state index in [4.69, 9.17) is 34.8 Å². The third kappa shape index (κ3) is 3.90. The lowest BCUT2D eigenvalue weighted by molar-refractivity contribution is 0.0290. The molecule has 1 aliphatic rings. The van der Waals surface area contributed by atoms with Crippen molar-refractivity contribution in [3.05, 3.63) is 93.4 Å². The van der Waals surface area contributed by atoms with Crippen LogP contribution >= 0.6 is 34.8 Å². The predicted molar refractivity (Wildman–Crippen MR) is 127 cm³/mol. The van der Waals surface area contributed by atoms with Crippen molar-refractivity contribution in [1.29, 1.82) is 0 Å². The van der Waals surface area contributed by atoms with Gasteiger partial charge < -0.3 is 5.11 Å². The molecule has 1 heterocycles. The number of hydrogen-bond acceptors (Lipinski definition) is 2. The van der Waals surface area contributed by atoms with Crippen molar-refractivity contribution >= 4 is 52.2 Å². The molecule has 160 valence electrons. The zero-order chi connectivity index (χ0) is 22.2. The maximum Gasteiger partial charge on any atom is 0.332 e. The summed E-state index contributed by atoms with van der Waals surface area (Å²) in [6.45, 7) is 2.02. The summed E-state index contributed by atoms with van der Waals surface area (Å²) in [5, 5.41) is 13.9. The first-order chi connectivity index (χ1) is 14.9. The molecule has 31 heavy (non-hydrogen) atoms. The number of aliphatic hydroxyl groups is 1. The van der Waals surface area contributed by atoms with Gasteiger partial charge in [0.2, 0.25) is 0 Å². The van der Waals surface area contributed by atoms with Crippen molar-refractivity contribution in [2.45, 2.75) is 31.5 Å².